The predicted octanol–water partition coefficient (Wildman–Crippen LogP) is 2.57. The van der Waals surface area contributed by atoms with Crippen molar-refractivity contribution >= 4 is 34.2 Å². The van der Waals surface area contributed by atoms with E-state index in [0.717, 1.165) is 6.07 Å². The van der Waals surface area contributed by atoms with Crippen LogP contribution in [0, 0.1) is 3.57 Å². The van der Waals surface area contributed by atoms with Gasteiger partial charge in [0.25, 0.3) is 12.0 Å². The van der Waals surface area contributed by atoms with Gasteiger partial charge in [-0.25, -0.2) is 8.78 Å². The fourth-order valence-electron chi connectivity index (χ4n) is 0.648. The Morgan fingerprint density at radius 3 is 2.58 bits per heavy atom. The standard InChI is InChI=1S/C6H3ClF2INO/c7-2-1-3(5(8)9)11-6(12)4(2)10/h1,5H,(H,11,12). The van der Waals surface area contributed by atoms with Gasteiger partial charge in [-0.05, 0) is 28.7 Å². The fourth-order valence-corrected chi connectivity index (χ4v) is 1.14. The molecule has 6 heteroatoms. The van der Waals surface area contributed by atoms with Crippen molar-refractivity contribution in [3.8, 4) is 0 Å². The Balaban J connectivity index is 3.31. The predicted molar refractivity (Wildman–Crippen MR) is 49.7 cm³/mol. The molecule has 0 saturated carbocycles. The lowest BCUT2D eigenvalue weighted by Gasteiger charge is -2.00. The average Bonchev–Trinajstić information content (AvgIpc) is 1.99. The van der Waals surface area contributed by atoms with E-state index in [-0.39, 0.29) is 8.59 Å². The molecule has 66 valence electrons. The molecule has 1 N–H and O–H groups in total. The van der Waals surface area contributed by atoms with Crippen LogP contribution in [0.1, 0.15) is 12.1 Å². The number of aromatic nitrogens is 1. The Morgan fingerprint density at radius 1 is 1.58 bits per heavy atom. The van der Waals surface area contributed by atoms with E-state index in [4.69, 9.17) is 11.6 Å². The molecule has 0 bridgehead atoms. The number of hydrogen-bond donors (Lipinski definition) is 1. The molecule has 0 aliphatic rings. The number of nitrogens with one attached hydrogen (secondary N) is 1. The van der Waals surface area contributed by atoms with Gasteiger partial charge < -0.3 is 4.98 Å². The Labute approximate surface area is 85.1 Å². The van der Waals surface area contributed by atoms with E-state index >= 15 is 0 Å². The van der Waals surface area contributed by atoms with Crippen molar-refractivity contribution in [2.24, 2.45) is 0 Å². The van der Waals surface area contributed by atoms with Gasteiger partial charge in [-0.1, -0.05) is 11.6 Å². The van der Waals surface area contributed by atoms with Crippen LogP contribution in [0.15, 0.2) is 10.9 Å². The molecule has 0 aliphatic carbocycles. The van der Waals surface area contributed by atoms with Crippen LogP contribution in [-0.2, 0) is 0 Å². The van der Waals surface area contributed by atoms with Gasteiger partial charge in [0, 0.05) is 0 Å². The summed E-state index contributed by atoms with van der Waals surface area (Å²) in [6, 6.07) is 1.05. The van der Waals surface area contributed by atoms with Crippen LogP contribution < -0.4 is 5.56 Å². The molecule has 1 aromatic heterocycles. The van der Waals surface area contributed by atoms with Crippen molar-refractivity contribution < 1.29 is 8.78 Å². The second-order valence-corrected chi connectivity index (χ2v) is 3.50. The summed E-state index contributed by atoms with van der Waals surface area (Å²) in [5.41, 5.74) is -1.04. The van der Waals surface area contributed by atoms with Crippen LogP contribution in [0.3, 0.4) is 0 Å². The average molecular weight is 305 g/mol. The summed E-state index contributed by atoms with van der Waals surface area (Å²) in [4.78, 5) is 12.9. The topological polar surface area (TPSA) is 32.9 Å². The normalized spacial score (nSPS) is 10.8. The molecule has 0 radical (unpaired) electrons. The first-order valence-corrected chi connectivity index (χ1v) is 4.34. The summed E-state index contributed by atoms with van der Waals surface area (Å²) < 4.78 is 24.3. The third-order valence-corrected chi connectivity index (χ3v) is 2.87. The zero-order valence-corrected chi connectivity index (χ0v) is 8.49. The number of alkyl halides is 2. The summed E-state index contributed by atoms with van der Waals surface area (Å²) >= 11 is 7.19. The monoisotopic (exact) mass is 305 g/mol. The summed E-state index contributed by atoms with van der Waals surface area (Å²) in [6.07, 6.45) is -2.70. The number of aromatic amines is 1. The number of rotatable bonds is 1. The second kappa shape index (κ2) is 3.69. The van der Waals surface area contributed by atoms with Crippen molar-refractivity contribution in [3.63, 3.8) is 0 Å². The van der Waals surface area contributed by atoms with Crippen LogP contribution in [0.4, 0.5) is 8.78 Å². The third-order valence-electron chi connectivity index (χ3n) is 1.18. The minimum Gasteiger partial charge on any atom is -0.320 e. The van der Waals surface area contributed by atoms with Gasteiger partial charge in [-0.2, -0.15) is 0 Å². The Hall–Kier alpha value is -0.170. The molecule has 0 unspecified atom stereocenters. The number of hydrogen-bond acceptors (Lipinski definition) is 1. The van der Waals surface area contributed by atoms with E-state index in [2.05, 4.69) is 0 Å². The summed E-state index contributed by atoms with van der Waals surface area (Å²) in [7, 11) is 0. The molecule has 0 fully saturated rings. The first kappa shape index (κ1) is 9.91. The zero-order chi connectivity index (χ0) is 9.30. The lowest BCUT2D eigenvalue weighted by atomic mass is 10.4. The molecule has 1 heterocycles. The van der Waals surface area contributed by atoms with Crippen LogP contribution in [0.25, 0.3) is 0 Å². The minimum absolute atomic E-state index is 0.0506. The van der Waals surface area contributed by atoms with E-state index in [1.807, 2.05) is 4.98 Å². The highest BCUT2D eigenvalue weighted by molar-refractivity contribution is 14.1. The van der Waals surface area contributed by atoms with Gasteiger partial charge in [0.1, 0.15) is 0 Å². The van der Waals surface area contributed by atoms with Gasteiger partial charge in [0.2, 0.25) is 0 Å². The number of H-pyrrole nitrogens is 1. The van der Waals surface area contributed by atoms with Crippen molar-refractivity contribution in [2.75, 3.05) is 0 Å². The molecule has 12 heavy (non-hydrogen) atoms. The van der Waals surface area contributed by atoms with Gasteiger partial charge >= 0.3 is 0 Å². The van der Waals surface area contributed by atoms with Gasteiger partial charge in [0.05, 0.1) is 14.3 Å². The third kappa shape index (κ3) is 1.95. The maximum atomic E-state index is 12.0. The van der Waals surface area contributed by atoms with Gasteiger partial charge in [-0.15, -0.1) is 0 Å². The van der Waals surface area contributed by atoms with Crippen molar-refractivity contribution in [3.05, 3.63) is 30.7 Å². The molecule has 0 saturated heterocycles. The molecule has 0 aromatic carbocycles. The van der Waals surface area contributed by atoms with E-state index in [0.29, 0.717) is 0 Å². The first-order valence-electron chi connectivity index (χ1n) is 2.88. The van der Waals surface area contributed by atoms with Crippen molar-refractivity contribution in [1.29, 1.82) is 0 Å². The SMILES string of the molecule is O=c1[nH]c(C(F)F)cc(Cl)c1I. The smallest absolute Gasteiger partial charge is 0.278 e. The summed E-state index contributed by atoms with van der Waals surface area (Å²) in [6.45, 7) is 0. The minimum atomic E-state index is -2.70. The highest BCUT2D eigenvalue weighted by Crippen LogP contribution is 2.20. The maximum absolute atomic E-state index is 12.0. The summed E-state index contributed by atoms with van der Waals surface area (Å²) in [5.74, 6) is 0. The Morgan fingerprint density at radius 2 is 2.17 bits per heavy atom. The second-order valence-electron chi connectivity index (χ2n) is 2.02. The molecule has 2 nitrogen and oxygen atoms in total. The van der Waals surface area contributed by atoms with E-state index in [1.165, 1.54) is 0 Å². The summed E-state index contributed by atoms with van der Waals surface area (Å²) in [5, 5.41) is 0.0506. The molecule has 0 aliphatic heterocycles. The highest BCUT2D eigenvalue weighted by atomic mass is 127. The van der Waals surface area contributed by atoms with Crippen molar-refractivity contribution in [1.82, 2.24) is 4.98 Å². The Bertz CT molecular complexity index is 352. The number of halogens is 4. The highest BCUT2D eigenvalue weighted by Gasteiger charge is 2.11. The number of pyridine rings is 1. The van der Waals surface area contributed by atoms with Crippen LogP contribution in [0.2, 0.25) is 5.02 Å². The largest absolute Gasteiger partial charge is 0.320 e. The van der Waals surface area contributed by atoms with Crippen LogP contribution in [0.5, 0.6) is 0 Å². The van der Waals surface area contributed by atoms with Gasteiger partial charge in [0.15, 0.2) is 0 Å². The lowest BCUT2D eigenvalue weighted by molar-refractivity contribution is 0.146. The van der Waals surface area contributed by atoms with E-state index in [9.17, 15) is 13.6 Å². The Kier molecular flexibility index (Phi) is 3.05. The van der Waals surface area contributed by atoms with E-state index < -0.39 is 17.7 Å². The molecule has 1 aromatic rings. The van der Waals surface area contributed by atoms with Crippen molar-refractivity contribution in [2.45, 2.75) is 6.43 Å². The van der Waals surface area contributed by atoms with Gasteiger partial charge in [-0.3, -0.25) is 4.79 Å². The molecule has 1 rings (SSSR count). The zero-order valence-electron chi connectivity index (χ0n) is 5.57. The van der Waals surface area contributed by atoms with Crippen LogP contribution >= 0.6 is 34.2 Å². The molecule has 0 atom stereocenters. The fraction of sp³-hybridized carbons (Fsp3) is 0.167. The molecule has 0 spiro atoms. The van der Waals surface area contributed by atoms with E-state index in [1.54, 1.807) is 22.6 Å². The first-order chi connectivity index (χ1) is 5.52. The quantitative estimate of drug-likeness (QED) is 0.795. The van der Waals surface area contributed by atoms with Crippen LogP contribution in [-0.4, -0.2) is 4.98 Å². The lowest BCUT2D eigenvalue weighted by Crippen LogP contribution is -2.12. The molecular weight excluding hydrogens is 302 g/mol. The molecule has 0 amide bonds. The maximum Gasteiger partial charge on any atom is 0.278 e. The molecular formula is C6H3ClF2INO.